The molecule has 1 aromatic rings. The summed E-state index contributed by atoms with van der Waals surface area (Å²) in [6, 6.07) is 6.34. The molecule has 0 saturated carbocycles. The summed E-state index contributed by atoms with van der Waals surface area (Å²) in [5.41, 5.74) is 15.0. The summed E-state index contributed by atoms with van der Waals surface area (Å²) in [7, 11) is 0. The molecule has 118 valence electrons. The largest absolute Gasteiger partial charge is 0.369 e. The second kappa shape index (κ2) is 6.61. The zero-order valence-corrected chi connectivity index (χ0v) is 14.2. The molecule has 1 rings (SSSR count). The van der Waals surface area contributed by atoms with E-state index in [0.717, 1.165) is 5.56 Å². The molecular weight excluding hydrogens is 260 g/mol. The maximum atomic E-state index is 11.5. The first kappa shape index (κ1) is 17.7. The van der Waals surface area contributed by atoms with Crippen LogP contribution in [0.2, 0.25) is 0 Å². The van der Waals surface area contributed by atoms with E-state index in [-0.39, 0.29) is 11.9 Å². The molecule has 0 heterocycles. The first-order valence-corrected chi connectivity index (χ1v) is 7.75. The average molecular weight is 290 g/mol. The van der Waals surface area contributed by atoms with Crippen LogP contribution in [0, 0.1) is 5.41 Å². The predicted octanol–water partition coefficient (Wildman–Crippen LogP) is 3.83. The van der Waals surface area contributed by atoms with Gasteiger partial charge in [0.1, 0.15) is 0 Å². The molecular formula is C18H30N2O. The molecule has 1 amide bonds. The summed E-state index contributed by atoms with van der Waals surface area (Å²) in [6.45, 7) is 12.4. The van der Waals surface area contributed by atoms with Gasteiger partial charge in [0, 0.05) is 11.5 Å². The standard InChI is InChI=1S/C18H30N2O/c1-11(2)13-7-8-14(15(9-13)12(3)4)16(19)10-18(5,6)17(20)21/h7-9,11-12,16H,10,19H2,1-6H3,(H2,20,21). The van der Waals surface area contributed by atoms with E-state index in [4.69, 9.17) is 11.5 Å². The number of rotatable bonds is 6. The van der Waals surface area contributed by atoms with E-state index in [1.54, 1.807) is 0 Å². The molecule has 1 aromatic carbocycles. The Balaban J connectivity index is 3.14. The zero-order chi connectivity index (χ0) is 16.4. The molecule has 3 heteroatoms. The smallest absolute Gasteiger partial charge is 0.223 e. The van der Waals surface area contributed by atoms with Gasteiger partial charge in [-0.15, -0.1) is 0 Å². The number of carbonyl (C=O) groups excluding carboxylic acids is 1. The van der Waals surface area contributed by atoms with Crippen molar-refractivity contribution in [2.24, 2.45) is 16.9 Å². The van der Waals surface area contributed by atoms with Crippen LogP contribution in [0.1, 0.15) is 82.5 Å². The summed E-state index contributed by atoms with van der Waals surface area (Å²) in [6.07, 6.45) is 0.559. The number of primary amides is 1. The van der Waals surface area contributed by atoms with Gasteiger partial charge in [0.25, 0.3) is 0 Å². The molecule has 0 aliphatic carbocycles. The van der Waals surface area contributed by atoms with E-state index in [0.29, 0.717) is 18.3 Å². The first-order valence-electron chi connectivity index (χ1n) is 7.75. The number of amides is 1. The van der Waals surface area contributed by atoms with E-state index in [2.05, 4.69) is 45.9 Å². The van der Waals surface area contributed by atoms with Crippen LogP contribution in [0.5, 0.6) is 0 Å². The maximum absolute atomic E-state index is 11.5. The van der Waals surface area contributed by atoms with Gasteiger partial charge in [0.2, 0.25) is 5.91 Å². The van der Waals surface area contributed by atoms with Crippen LogP contribution in [-0.4, -0.2) is 5.91 Å². The molecule has 0 radical (unpaired) electrons. The van der Waals surface area contributed by atoms with E-state index < -0.39 is 5.41 Å². The molecule has 0 saturated heterocycles. The Morgan fingerprint density at radius 3 is 2.10 bits per heavy atom. The van der Waals surface area contributed by atoms with Crippen molar-refractivity contribution in [1.82, 2.24) is 0 Å². The highest BCUT2D eigenvalue weighted by molar-refractivity contribution is 5.80. The Hall–Kier alpha value is -1.35. The first-order chi connectivity index (χ1) is 9.56. The van der Waals surface area contributed by atoms with Gasteiger partial charge in [-0.05, 0) is 34.9 Å². The fraction of sp³-hybridized carbons (Fsp3) is 0.611. The Morgan fingerprint density at radius 2 is 1.67 bits per heavy atom. The van der Waals surface area contributed by atoms with E-state index in [1.807, 2.05) is 13.8 Å². The van der Waals surface area contributed by atoms with Gasteiger partial charge in [0.05, 0.1) is 0 Å². The maximum Gasteiger partial charge on any atom is 0.223 e. The summed E-state index contributed by atoms with van der Waals surface area (Å²) in [5, 5.41) is 0. The minimum Gasteiger partial charge on any atom is -0.369 e. The fourth-order valence-electron chi connectivity index (χ4n) is 2.55. The molecule has 0 bridgehead atoms. The van der Waals surface area contributed by atoms with Crippen LogP contribution in [0.4, 0.5) is 0 Å². The van der Waals surface area contributed by atoms with Gasteiger partial charge >= 0.3 is 0 Å². The normalized spacial score (nSPS) is 13.8. The average Bonchev–Trinajstić information content (AvgIpc) is 2.36. The van der Waals surface area contributed by atoms with Crippen LogP contribution in [0.15, 0.2) is 18.2 Å². The van der Waals surface area contributed by atoms with Crippen LogP contribution in [-0.2, 0) is 4.79 Å². The van der Waals surface area contributed by atoms with Gasteiger partial charge < -0.3 is 11.5 Å². The molecule has 0 aromatic heterocycles. The third-order valence-electron chi connectivity index (χ3n) is 4.20. The minimum atomic E-state index is -0.593. The summed E-state index contributed by atoms with van der Waals surface area (Å²) >= 11 is 0. The van der Waals surface area contributed by atoms with Crippen molar-refractivity contribution in [3.05, 3.63) is 34.9 Å². The number of hydrogen-bond acceptors (Lipinski definition) is 2. The predicted molar refractivity (Wildman–Crippen MR) is 89.1 cm³/mol. The third-order valence-corrected chi connectivity index (χ3v) is 4.20. The second-order valence-electron chi connectivity index (χ2n) is 7.26. The van der Waals surface area contributed by atoms with Crippen molar-refractivity contribution in [3.63, 3.8) is 0 Å². The Labute approximate surface area is 129 Å². The minimum absolute atomic E-state index is 0.175. The number of nitrogens with two attached hydrogens (primary N) is 2. The molecule has 4 N–H and O–H groups in total. The summed E-state index contributed by atoms with van der Waals surface area (Å²) in [4.78, 5) is 11.5. The molecule has 0 fully saturated rings. The fourth-order valence-corrected chi connectivity index (χ4v) is 2.55. The Bertz CT molecular complexity index is 504. The topological polar surface area (TPSA) is 69.1 Å². The van der Waals surface area contributed by atoms with E-state index in [1.165, 1.54) is 11.1 Å². The summed E-state index contributed by atoms with van der Waals surface area (Å²) in [5.74, 6) is 0.596. The van der Waals surface area contributed by atoms with Gasteiger partial charge in [0.15, 0.2) is 0 Å². The highest BCUT2D eigenvalue weighted by Gasteiger charge is 2.29. The number of carbonyl (C=O) groups is 1. The van der Waals surface area contributed by atoms with Gasteiger partial charge in [-0.25, -0.2) is 0 Å². The van der Waals surface area contributed by atoms with Gasteiger partial charge in [-0.1, -0.05) is 59.7 Å². The lowest BCUT2D eigenvalue weighted by Gasteiger charge is -2.27. The third kappa shape index (κ3) is 4.31. The van der Waals surface area contributed by atoms with Crippen molar-refractivity contribution < 1.29 is 4.79 Å². The molecule has 1 atom stereocenters. The van der Waals surface area contributed by atoms with Crippen LogP contribution >= 0.6 is 0 Å². The van der Waals surface area contributed by atoms with Crippen molar-refractivity contribution in [2.75, 3.05) is 0 Å². The van der Waals surface area contributed by atoms with Crippen LogP contribution in [0.25, 0.3) is 0 Å². The molecule has 21 heavy (non-hydrogen) atoms. The van der Waals surface area contributed by atoms with Crippen LogP contribution < -0.4 is 11.5 Å². The SMILES string of the molecule is CC(C)c1ccc(C(N)CC(C)(C)C(N)=O)c(C(C)C)c1. The molecule has 1 unspecified atom stereocenters. The van der Waals surface area contributed by atoms with Gasteiger partial charge in [-0.3, -0.25) is 4.79 Å². The lowest BCUT2D eigenvalue weighted by atomic mass is 9.80. The van der Waals surface area contributed by atoms with Crippen LogP contribution in [0.3, 0.4) is 0 Å². The van der Waals surface area contributed by atoms with Crippen molar-refractivity contribution in [2.45, 2.75) is 65.8 Å². The van der Waals surface area contributed by atoms with Crippen molar-refractivity contribution in [1.29, 1.82) is 0 Å². The van der Waals surface area contributed by atoms with E-state index >= 15 is 0 Å². The lowest BCUT2D eigenvalue weighted by molar-refractivity contribution is -0.126. The van der Waals surface area contributed by atoms with Crippen molar-refractivity contribution >= 4 is 5.91 Å². The molecule has 0 aliphatic rings. The Kier molecular flexibility index (Phi) is 5.57. The molecule has 0 aliphatic heterocycles. The second-order valence-corrected chi connectivity index (χ2v) is 7.26. The van der Waals surface area contributed by atoms with E-state index in [9.17, 15) is 4.79 Å². The number of hydrogen-bond donors (Lipinski definition) is 2. The highest BCUT2D eigenvalue weighted by atomic mass is 16.1. The molecule has 0 spiro atoms. The van der Waals surface area contributed by atoms with Gasteiger partial charge in [-0.2, -0.15) is 0 Å². The summed E-state index contributed by atoms with van der Waals surface area (Å²) < 4.78 is 0. The quantitative estimate of drug-likeness (QED) is 0.836. The van der Waals surface area contributed by atoms with Crippen molar-refractivity contribution in [3.8, 4) is 0 Å². The number of benzene rings is 1. The highest BCUT2D eigenvalue weighted by Crippen LogP contribution is 2.33. The lowest BCUT2D eigenvalue weighted by Crippen LogP contribution is -2.34. The molecule has 3 nitrogen and oxygen atoms in total. The monoisotopic (exact) mass is 290 g/mol. The Morgan fingerprint density at radius 1 is 1.10 bits per heavy atom. The zero-order valence-electron chi connectivity index (χ0n) is 14.2.